The van der Waals surface area contributed by atoms with Crippen molar-refractivity contribution in [2.45, 2.75) is 13.3 Å². The van der Waals surface area contributed by atoms with Gasteiger partial charge in [-0.1, -0.05) is 24.3 Å². The topological polar surface area (TPSA) is 32.3 Å². The number of halogens is 1. The van der Waals surface area contributed by atoms with Crippen LogP contribution in [0.25, 0.3) is 0 Å². The molecule has 1 aromatic carbocycles. The zero-order valence-corrected chi connectivity index (χ0v) is 10.9. The zero-order chi connectivity index (χ0) is 11.4. The van der Waals surface area contributed by atoms with E-state index in [2.05, 4.69) is 18.3 Å². The lowest BCUT2D eigenvalue weighted by Crippen LogP contribution is -2.47. The van der Waals surface area contributed by atoms with E-state index in [-0.39, 0.29) is 18.3 Å². The number of carbonyl (C=O) groups is 1. The van der Waals surface area contributed by atoms with Crippen molar-refractivity contribution < 1.29 is 4.79 Å². The Hall–Kier alpha value is -1.06. The summed E-state index contributed by atoms with van der Waals surface area (Å²) >= 11 is 0. The first kappa shape index (κ1) is 14.0. The summed E-state index contributed by atoms with van der Waals surface area (Å²) in [7, 11) is 0. The first-order chi connectivity index (χ1) is 7.77. The Labute approximate surface area is 109 Å². The van der Waals surface area contributed by atoms with Gasteiger partial charge in [0.25, 0.3) is 0 Å². The first-order valence-electron chi connectivity index (χ1n) is 5.80. The van der Waals surface area contributed by atoms with Crippen LogP contribution in [0.5, 0.6) is 0 Å². The number of amides is 1. The number of hydrogen-bond acceptors (Lipinski definition) is 2. The lowest BCUT2D eigenvalue weighted by Gasteiger charge is -2.27. The summed E-state index contributed by atoms with van der Waals surface area (Å²) in [6, 6.07) is 8.09. The Bertz CT molecular complexity index is 375. The van der Waals surface area contributed by atoms with Gasteiger partial charge in [-0.05, 0) is 18.1 Å². The van der Waals surface area contributed by atoms with Crippen molar-refractivity contribution in [3.63, 3.8) is 0 Å². The van der Waals surface area contributed by atoms with Gasteiger partial charge in [0.1, 0.15) is 0 Å². The van der Waals surface area contributed by atoms with Crippen LogP contribution >= 0.6 is 12.4 Å². The number of hydrogen-bond donors (Lipinski definition) is 1. The molecule has 1 amide bonds. The summed E-state index contributed by atoms with van der Waals surface area (Å²) in [4.78, 5) is 14.0. The standard InChI is InChI=1S/C13H18N2O.ClH/c1-11-4-2-3-5-12(11)10-13(16)15-8-6-14-7-9-15;/h2-5,14H,6-10H2,1H3;1H. The third kappa shape index (κ3) is 3.72. The molecule has 1 aromatic rings. The smallest absolute Gasteiger partial charge is 0.227 e. The number of rotatable bonds is 2. The molecule has 1 aliphatic heterocycles. The van der Waals surface area contributed by atoms with Crippen LogP contribution in [0.3, 0.4) is 0 Å². The van der Waals surface area contributed by atoms with Gasteiger partial charge in [-0.25, -0.2) is 0 Å². The number of aryl methyl sites for hydroxylation is 1. The van der Waals surface area contributed by atoms with Crippen molar-refractivity contribution in [1.82, 2.24) is 10.2 Å². The quantitative estimate of drug-likeness (QED) is 0.865. The second-order valence-corrected chi connectivity index (χ2v) is 4.23. The first-order valence-corrected chi connectivity index (χ1v) is 5.80. The van der Waals surface area contributed by atoms with Gasteiger partial charge in [0.05, 0.1) is 6.42 Å². The second kappa shape index (κ2) is 6.62. The number of benzene rings is 1. The highest BCUT2D eigenvalue weighted by molar-refractivity contribution is 5.85. The number of piperazine rings is 1. The monoisotopic (exact) mass is 254 g/mol. The molecule has 0 aromatic heterocycles. The molecule has 0 aliphatic carbocycles. The Morgan fingerprint density at radius 3 is 2.59 bits per heavy atom. The largest absolute Gasteiger partial charge is 0.340 e. The lowest BCUT2D eigenvalue weighted by atomic mass is 10.1. The van der Waals surface area contributed by atoms with Crippen molar-refractivity contribution in [2.75, 3.05) is 26.2 Å². The van der Waals surface area contributed by atoms with E-state index in [9.17, 15) is 4.79 Å². The third-order valence-corrected chi connectivity index (χ3v) is 3.07. The van der Waals surface area contributed by atoms with Crippen molar-refractivity contribution >= 4 is 18.3 Å². The molecule has 4 heteroatoms. The lowest BCUT2D eigenvalue weighted by molar-refractivity contribution is -0.131. The van der Waals surface area contributed by atoms with Crippen molar-refractivity contribution in [3.8, 4) is 0 Å². The molecule has 1 fully saturated rings. The van der Waals surface area contributed by atoms with Crippen LogP contribution < -0.4 is 5.32 Å². The fourth-order valence-corrected chi connectivity index (χ4v) is 2.00. The van der Waals surface area contributed by atoms with E-state index >= 15 is 0 Å². The van der Waals surface area contributed by atoms with Gasteiger partial charge in [0.2, 0.25) is 5.91 Å². The minimum Gasteiger partial charge on any atom is -0.340 e. The molecule has 0 atom stereocenters. The Morgan fingerprint density at radius 2 is 1.94 bits per heavy atom. The van der Waals surface area contributed by atoms with E-state index in [1.165, 1.54) is 5.56 Å². The van der Waals surface area contributed by atoms with Gasteiger partial charge in [0, 0.05) is 26.2 Å². The maximum Gasteiger partial charge on any atom is 0.227 e. The Balaban J connectivity index is 0.00000144. The van der Waals surface area contributed by atoms with Gasteiger partial charge < -0.3 is 10.2 Å². The van der Waals surface area contributed by atoms with Gasteiger partial charge in [-0.15, -0.1) is 12.4 Å². The van der Waals surface area contributed by atoms with Crippen LogP contribution in [0.2, 0.25) is 0 Å². The summed E-state index contributed by atoms with van der Waals surface area (Å²) in [6.07, 6.45) is 0.534. The van der Waals surface area contributed by atoms with Crippen LogP contribution in [-0.4, -0.2) is 37.0 Å². The zero-order valence-electron chi connectivity index (χ0n) is 10.1. The molecule has 0 unspecified atom stereocenters. The highest BCUT2D eigenvalue weighted by atomic mass is 35.5. The molecule has 1 N–H and O–H groups in total. The van der Waals surface area contributed by atoms with Gasteiger partial charge in [-0.2, -0.15) is 0 Å². The highest BCUT2D eigenvalue weighted by Crippen LogP contribution is 2.09. The fourth-order valence-electron chi connectivity index (χ4n) is 2.00. The van der Waals surface area contributed by atoms with Gasteiger partial charge >= 0.3 is 0 Å². The molecule has 2 rings (SSSR count). The number of carbonyl (C=O) groups excluding carboxylic acids is 1. The van der Waals surface area contributed by atoms with Crippen LogP contribution in [0.1, 0.15) is 11.1 Å². The van der Waals surface area contributed by atoms with E-state index in [0.717, 1.165) is 31.7 Å². The molecule has 94 valence electrons. The van der Waals surface area contributed by atoms with Gasteiger partial charge in [-0.3, -0.25) is 4.79 Å². The molecule has 1 heterocycles. The van der Waals surface area contributed by atoms with Crippen LogP contribution in [0.4, 0.5) is 0 Å². The van der Waals surface area contributed by atoms with Crippen LogP contribution in [-0.2, 0) is 11.2 Å². The highest BCUT2D eigenvalue weighted by Gasteiger charge is 2.16. The van der Waals surface area contributed by atoms with E-state index in [4.69, 9.17) is 0 Å². The average Bonchev–Trinajstić information content (AvgIpc) is 2.33. The number of nitrogens with one attached hydrogen (secondary N) is 1. The maximum absolute atomic E-state index is 12.0. The minimum absolute atomic E-state index is 0. The molecule has 0 radical (unpaired) electrons. The Morgan fingerprint density at radius 1 is 1.29 bits per heavy atom. The predicted molar refractivity (Wildman–Crippen MR) is 71.6 cm³/mol. The fraction of sp³-hybridized carbons (Fsp3) is 0.462. The second-order valence-electron chi connectivity index (χ2n) is 4.23. The molecule has 1 saturated heterocycles. The number of nitrogens with zero attached hydrogens (tertiary/aromatic N) is 1. The summed E-state index contributed by atoms with van der Waals surface area (Å²) in [5.41, 5.74) is 2.34. The van der Waals surface area contributed by atoms with Crippen LogP contribution in [0.15, 0.2) is 24.3 Å². The molecular weight excluding hydrogens is 236 g/mol. The molecule has 3 nitrogen and oxygen atoms in total. The normalized spacial score (nSPS) is 15.2. The third-order valence-electron chi connectivity index (χ3n) is 3.07. The van der Waals surface area contributed by atoms with Crippen LogP contribution in [0, 0.1) is 6.92 Å². The summed E-state index contributed by atoms with van der Waals surface area (Å²) in [5.74, 6) is 0.246. The SMILES string of the molecule is Cc1ccccc1CC(=O)N1CCNCC1.Cl. The summed E-state index contributed by atoms with van der Waals surface area (Å²) in [6.45, 7) is 5.56. The van der Waals surface area contributed by atoms with Crippen molar-refractivity contribution in [1.29, 1.82) is 0 Å². The molecular formula is C13H19ClN2O. The molecule has 17 heavy (non-hydrogen) atoms. The molecule has 1 aliphatic rings. The molecule has 0 bridgehead atoms. The average molecular weight is 255 g/mol. The Kier molecular flexibility index (Phi) is 5.45. The van der Waals surface area contributed by atoms with Crippen molar-refractivity contribution in [3.05, 3.63) is 35.4 Å². The van der Waals surface area contributed by atoms with E-state index in [1.807, 2.05) is 23.1 Å². The van der Waals surface area contributed by atoms with Crippen molar-refractivity contribution in [2.24, 2.45) is 0 Å². The minimum atomic E-state index is 0. The predicted octanol–water partition coefficient (Wildman–Crippen LogP) is 1.39. The van der Waals surface area contributed by atoms with E-state index < -0.39 is 0 Å². The maximum atomic E-state index is 12.0. The summed E-state index contributed by atoms with van der Waals surface area (Å²) in [5, 5.41) is 3.25. The van der Waals surface area contributed by atoms with E-state index in [1.54, 1.807) is 0 Å². The molecule has 0 spiro atoms. The molecule has 0 saturated carbocycles. The summed E-state index contributed by atoms with van der Waals surface area (Å²) < 4.78 is 0. The van der Waals surface area contributed by atoms with E-state index in [0.29, 0.717) is 6.42 Å². The van der Waals surface area contributed by atoms with Gasteiger partial charge in [0.15, 0.2) is 0 Å².